The standard InChI is InChI=1S/C4H6N2.2Li.2H/c5-6-3-1-2-4-6;;;;/h1-4H,5H2;;;;. The molecule has 0 unspecified atom stereocenters. The van der Waals surface area contributed by atoms with Crippen LogP contribution in [0.25, 0.3) is 0 Å². The molecule has 36 valence electrons. The molecule has 0 saturated heterocycles. The van der Waals surface area contributed by atoms with Gasteiger partial charge in [-0.1, -0.05) is 0 Å². The molecule has 2 nitrogen and oxygen atoms in total. The van der Waals surface area contributed by atoms with Gasteiger partial charge in [0.05, 0.1) is 0 Å². The predicted octanol–water partition coefficient (Wildman–Crippen LogP) is -1.10. The summed E-state index contributed by atoms with van der Waals surface area (Å²) in [5.74, 6) is 5.19. The second-order valence-corrected chi connectivity index (χ2v) is 1.13. The van der Waals surface area contributed by atoms with Gasteiger partial charge in [-0.25, -0.2) is 0 Å². The van der Waals surface area contributed by atoms with Crippen molar-refractivity contribution in [2.45, 2.75) is 0 Å². The average Bonchev–Trinajstić information content (AvgIpc) is 1.86. The van der Waals surface area contributed by atoms with Crippen molar-refractivity contribution in [1.82, 2.24) is 4.68 Å². The molecular formula is C4H8Li2N2. The molecule has 0 saturated carbocycles. The van der Waals surface area contributed by atoms with Gasteiger partial charge in [0.1, 0.15) is 0 Å². The fourth-order valence-corrected chi connectivity index (χ4v) is 0.348. The molecule has 1 rings (SSSR count). The van der Waals surface area contributed by atoms with E-state index in [9.17, 15) is 0 Å². The number of hydrogen-bond acceptors (Lipinski definition) is 1. The van der Waals surface area contributed by atoms with Crippen molar-refractivity contribution in [2.75, 3.05) is 5.84 Å². The topological polar surface area (TPSA) is 30.9 Å². The van der Waals surface area contributed by atoms with E-state index in [1.807, 2.05) is 12.1 Å². The van der Waals surface area contributed by atoms with Gasteiger partial charge >= 0.3 is 37.7 Å². The Morgan fingerprint density at radius 1 is 1.00 bits per heavy atom. The molecule has 0 aromatic carbocycles. The molecule has 0 fully saturated rings. The van der Waals surface area contributed by atoms with Crippen LogP contribution in [0.5, 0.6) is 0 Å². The number of nitrogens with two attached hydrogens (primary N) is 1. The molecule has 0 spiro atoms. The van der Waals surface area contributed by atoms with Crippen molar-refractivity contribution in [3.05, 3.63) is 24.5 Å². The summed E-state index contributed by atoms with van der Waals surface area (Å²) in [7, 11) is 0. The Balaban J connectivity index is 0. The van der Waals surface area contributed by atoms with E-state index in [0.29, 0.717) is 0 Å². The summed E-state index contributed by atoms with van der Waals surface area (Å²) in [6.45, 7) is 0. The van der Waals surface area contributed by atoms with Gasteiger partial charge in [-0.2, -0.15) is 0 Å². The van der Waals surface area contributed by atoms with Crippen LogP contribution in [0.3, 0.4) is 0 Å². The third kappa shape index (κ3) is 3.30. The van der Waals surface area contributed by atoms with E-state index in [1.54, 1.807) is 12.4 Å². The Kier molecular flexibility index (Phi) is 7.52. The van der Waals surface area contributed by atoms with Crippen LogP contribution in [-0.4, -0.2) is 42.4 Å². The quantitative estimate of drug-likeness (QED) is 0.324. The molecule has 1 heterocycles. The van der Waals surface area contributed by atoms with Gasteiger partial charge in [0.2, 0.25) is 0 Å². The van der Waals surface area contributed by atoms with Gasteiger partial charge in [0.25, 0.3) is 0 Å². The van der Waals surface area contributed by atoms with Crippen molar-refractivity contribution in [2.24, 2.45) is 0 Å². The zero-order valence-corrected chi connectivity index (χ0v) is 3.33. The molecule has 4 heteroatoms. The van der Waals surface area contributed by atoms with Crippen LogP contribution in [0.2, 0.25) is 0 Å². The minimum atomic E-state index is 0. The molecule has 0 radical (unpaired) electrons. The second-order valence-electron chi connectivity index (χ2n) is 1.13. The first-order chi connectivity index (χ1) is 2.89. The van der Waals surface area contributed by atoms with E-state index >= 15 is 0 Å². The maximum atomic E-state index is 5.19. The Bertz CT molecular complexity index is 116. The first-order valence-electron chi connectivity index (χ1n) is 1.77. The molecule has 8 heavy (non-hydrogen) atoms. The van der Waals surface area contributed by atoms with E-state index in [0.717, 1.165) is 0 Å². The molecule has 0 bridgehead atoms. The van der Waals surface area contributed by atoms with E-state index < -0.39 is 0 Å². The summed E-state index contributed by atoms with van der Waals surface area (Å²) in [5, 5.41) is 0. The van der Waals surface area contributed by atoms with E-state index in [-0.39, 0.29) is 37.7 Å². The molecule has 1 aromatic heterocycles. The third-order valence-electron chi connectivity index (χ3n) is 0.628. The van der Waals surface area contributed by atoms with Gasteiger partial charge in [-0.05, 0) is 12.1 Å². The molecule has 1 aromatic rings. The van der Waals surface area contributed by atoms with Crippen molar-refractivity contribution >= 4 is 37.7 Å². The summed E-state index contributed by atoms with van der Waals surface area (Å²) in [5.41, 5.74) is 0. The maximum absolute atomic E-state index is 5.19. The number of rotatable bonds is 0. The minimum absolute atomic E-state index is 0. The van der Waals surface area contributed by atoms with Crippen molar-refractivity contribution in [3.63, 3.8) is 0 Å². The Labute approximate surface area is 72.8 Å². The zero-order valence-electron chi connectivity index (χ0n) is 3.33. The molecule has 0 aliphatic heterocycles. The summed E-state index contributed by atoms with van der Waals surface area (Å²) in [6, 6.07) is 3.75. The SMILES string of the molecule is Nn1cccc1.[LiH].[LiH]. The van der Waals surface area contributed by atoms with Crippen LogP contribution < -0.4 is 5.84 Å². The third-order valence-corrected chi connectivity index (χ3v) is 0.628. The van der Waals surface area contributed by atoms with Crippen LogP contribution in [-0.2, 0) is 0 Å². The summed E-state index contributed by atoms with van der Waals surface area (Å²) < 4.78 is 1.50. The van der Waals surface area contributed by atoms with E-state index in [1.165, 1.54) is 4.68 Å². The Hall–Kier alpha value is 0.275. The van der Waals surface area contributed by atoms with E-state index in [4.69, 9.17) is 5.84 Å². The van der Waals surface area contributed by atoms with Crippen LogP contribution in [0.15, 0.2) is 24.5 Å². The monoisotopic (exact) mass is 98.1 g/mol. The van der Waals surface area contributed by atoms with Gasteiger partial charge in [0, 0.05) is 12.4 Å². The molecule has 0 aliphatic rings. The van der Waals surface area contributed by atoms with Crippen LogP contribution in [0.4, 0.5) is 0 Å². The van der Waals surface area contributed by atoms with Crippen LogP contribution in [0.1, 0.15) is 0 Å². The molecular weight excluding hydrogens is 89.9 g/mol. The summed E-state index contributed by atoms with van der Waals surface area (Å²) in [4.78, 5) is 0. The zero-order chi connectivity index (χ0) is 4.41. The first kappa shape index (κ1) is 11.1. The first-order valence-corrected chi connectivity index (χ1v) is 1.77. The number of hydrogen-bond donors (Lipinski definition) is 1. The number of nitrogen functional groups attached to an aromatic ring is 1. The van der Waals surface area contributed by atoms with Crippen molar-refractivity contribution in [1.29, 1.82) is 0 Å². The average molecular weight is 98.0 g/mol. The second kappa shape index (κ2) is 5.41. The van der Waals surface area contributed by atoms with Gasteiger partial charge in [-0.3, -0.25) is 4.68 Å². The number of aromatic nitrogens is 1. The molecule has 2 N–H and O–H groups in total. The Morgan fingerprint density at radius 2 is 1.38 bits per heavy atom. The van der Waals surface area contributed by atoms with Gasteiger partial charge < -0.3 is 5.84 Å². The molecule has 0 atom stereocenters. The fraction of sp³-hybridized carbons (Fsp3) is 0. The number of nitrogens with zero attached hydrogens (tertiary/aromatic N) is 1. The van der Waals surface area contributed by atoms with E-state index in [2.05, 4.69) is 0 Å². The van der Waals surface area contributed by atoms with Gasteiger partial charge in [0.15, 0.2) is 0 Å². The normalized spacial score (nSPS) is 6.50. The predicted molar refractivity (Wildman–Crippen MR) is 38.9 cm³/mol. The van der Waals surface area contributed by atoms with Crippen LogP contribution >= 0.6 is 0 Å². The fourth-order valence-electron chi connectivity index (χ4n) is 0.348. The van der Waals surface area contributed by atoms with Crippen LogP contribution in [0, 0.1) is 0 Å². The van der Waals surface area contributed by atoms with Crippen molar-refractivity contribution < 1.29 is 0 Å². The van der Waals surface area contributed by atoms with Crippen molar-refractivity contribution in [3.8, 4) is 0 Å². The summed E-state index contributed by atoms with van der Waals surface area (Å²) >= 11 is 0. The van der Waals surface area contributed by atoms with Gasteiger partial charge in [-0.15, -0.1) is 0 Å². The molecule has 0 amide bonds. The summed E-state index contributed by atoms with van der Waals surface area (Å²) in [6.07, 6.45) is 3.56. The molecule has 0 aliphatic carbocycles. The Morgan fingerprint density at radius 3 is 1.50 bits per heavy atom.